The van der Waals surface area contributed by atoms with Gasteiger partial charge in [-0.2, -0.15) is 13.2 Å². The average molecular weight is 291 g/mol. The molecule has 5 nitrogen and oxygen atoms in total. The maximum absolute atomic E-state index is 11.8. The molecular weight excluding hydrogens is 279 g/mol. The van der Waals surface area contributed by atoms with Crippen LogP contribution in [0, 0.1) is 0 Å². The maximum atomic E-state index is 11.8. The van der Waals surface area contributed by atoms with Crippen molar-refractivity contribution in [1.82, 2.24) is 0 Å². The summed E-state index contributed by atoms with van der Waals surface area (Å²) in [6, 6.07) is 6.12. The Balaban J connectivity index is 2.55. The summed E-state index contributed by atoms with van der Waals surface area (Å²) in [7, 11) is 0. The van der Waals surface area contributed by atoms with Crippen LogP contribution in [0.2, 0.25) is 0 Å². The van der Waals surface area contributed by atoms with Gasteiger partial charge in [0.1, 0.15) is 13.2 Å². The highest BCUT2D eigenvalue weighted by Gasteiger charge is 2.27. The zero-order chi connectivity index (χ0) is 15.2. The van der Waals surface area contributed by atoms with Crippen LogP contribution >= 0.6 is 0 Å². The Hall–Kier alpha value is -2.09. The van der Waals surface area contributed by atoms with Gasteiger partial charge in [-0.15, -0.1) is 0 Å². The minimum atomic E-state index is -4.50. The minimum Gasteiger partial charge on any atom is -0.481 e. The van der Waals surface area contributed by atoms with Crippen LogP contribution in [0.4, 0.5) is 18.9 Å². The number of halogens is 3. The van der Waals surface area contributed by atoms with Gasteiger partial charge in [0.25, 0.3) is 0 Å². The van der Waals surface area contributed by atoms with E-state index in [2.05, 4.69) is 10.1 Å². The van der Waals surface area contributed by atoms with Crippen molar-refractivity contribution in [1.29, 1.82) is 0 Å². The van der Waals surface area contributed by atoms with Crippen LogP contribution in [-0.2, 0) is 20.7 Å². The molecule has 0 saturated heterocycles. The molecule has 1 aromatic rings. The van der Waals surface area contributed by atoms with Crippen molar-refractivity contribution in [2.75, 3.05) is 18.5 Å². The molecule has 110 valence electrons. The third-order valence-corrected chi connectivity index (χ3v) is 2.13. The summed E-state index contributed by atoms with van der Waals surface area (Å²) in [5.74, 6) is -1.87. The third kappa shape index (κ3) is 6.19. The molecule has 0 aliphatic carbocycles. The van der Waals surface area contributed by atoms with Gasteiger partial charge in [-0.05, 0) is 11.6 Å². The highest BCUT2D eigenvalue weighted by atomic mass is 19.4. The number of nitrogens with one attached hydrogen (secondary N) is 1. The zero-order valence-electron chi connectivity index (χ0n) is 10.2. The number of ether oxygens (including phenoxy) is 1. The molecule has 1 aromatic carbocycles. The second-order valence-corrected chi connectivity index (χ2v) is 3.88. The molecular formula is C12H12F3NO4. The van der Waals surface area contributed by atoms with E-state index in [-0.39, 0.29) is 12.1 Å². The quantitative estimate of drug-likeness (QED) is 0.838. The molecule has 1 amide bonds. The molecule has 0 saturated carbocycles. The molecule has 1 rings (SSSR count). The van der Waals surface area contributed by atoms with Gasteiger partial charge in [0.15, 0.2) is 0 Å². The summed E-state index contributed by atoms with van der Waals surface area (Å²) in [5.41, 5.74) is 0.583. The average Bonchev–Trinajstić information content (AvgIpc) is 2.29. The van der Waals surface area contributed by atoms with E-state index >= 15 is 0 Å². The van der Waals surface area contributed by atoms with E-state index in [4.69, 9.17) is 5.11 Å². The van der Waals surface area contributed by atoms with Crippen molar-refractivity contribution in [3.8, 4) is 0 Å². The van der Waals surface area contributed by atoms with Crippen molar-refractivity contribution >= 4 is 17.6 Å². The molecule has 2 N–H and O–H groups in total. The Bertz CT molecular complexity index is 488. The summed E-state index contributed by atoms with van der Waals surface area (Å²) in [4.78, 5) is 22.0. The lowest BCUT2D eigenvalue weighted by Crippen LogP contribution is -2.24. The Morgan fingerprint density at radius 3 is 2.50 bits per heavy atom. The Kier molecular flexibility index (Phi) is 5.51. The number of para-hydroxylation sites is 1. The third-order valence-electron chi connectivity index (χ3n) is 2.13. The van der Waals surface area contributed by atoms with Crippen LogP contribution in [0.1, 0.15) is 5.56 Å². The van der Waals surface area contributed by atoms with E-state index in [0.29, 0.717) is 5.56 Å². The number of benzene rings is 1. The highest BCUT2D eigenvalue weighted by molar-refractivity contribution is 5.93. The molecule has 0 bridgehead atoms. The van der Waals surface area contributed by atoms with Crippen molar-refractivity contribution < 1.29 is 32.6 Å². The van der Waals surface area contributed by atoms with Gasteiger partial charge < -0.3 is 15.2 Å². The number of carboxylic acids is 1. The number of carbonyl (C=O) groups excluding carboxylic acids is 1. The summed E-state index contributed by atoms with van der Waals surface area (Å²) < 4.78 is 39.7. The van der Waals surface area contributed by atoms with E-state index in [1.165, 1.54) is 12.1 Å². The normalized spacial score (nSPS) is 11.2. The number of carbonyl (C=O) groups is 2. The van der Waals surface area contributed by atoms with E-state index in [9.17, 15) is 22.8 Å². The summed E-state index contributed by atoms with van der Waals surface area (Å²) in [5, 5.41) is 11.0. The van der Waals surface area contributed by atoms with E-state index in [1.54, 1.807) is 12.1 Å². The van der Waals surface area contributed by atoms with Crippen molar-refractivity contribution in [3.63, 3.8) is 0 Å². The zero-order valence-corrected chi connectivity index (χ0v) is 10.2. The van der Waals surface area contributed by atoms with Crippen molar-refractivity contribution in [2.45, 2.75) is 12.6 Å². The van der Waals surface area contributed by atoms with Crippen molar-refractivity contribution in [3.05, 3.63) is 29.8 Å². The number of anilines is 1. The first-order valence-electron chi connectivity index (χ1n) is 5.52. The van der Waals surface area contributed by atoms with Crippen LogP contribution < -0.4 is 5.32 Å². The smallest absolute Gasteiger partial charge is 0.411 e. The molecule has 0 spiro atoms. The molecule has 0 aliphatic rings. The minimum absolute atomic E-state index is 0.232. The monoisotopic (exact) mass is 291 g/mol. The lowest BCUT2D eigenvalue weighted by atomic mass is 10.1. The van der Waals surface area contributed by atoms with Crippen LogP contribution in [0.3, 0.4) is 0 Å². The number of rotatable bonds is 6. The standard InChI is InChI=1S/C12H12F3NO4/c13-12(14,15)7-20-6-10(17)16-9-4-2-1-3-8(9)5-11(18)19/h1-4H,5-7H2,(H,16,17)(H,18,19). The largest absolute Gasteiger partial charge is 0.481 e. The first kappa shape index (κ1) is 16.0. The van der Waals surface area contributed by atoms with Gasteiger partial charge in [0.05, 0.1) is 6.42 Å². The second kappa shape index (κ2) is 6.90. The fourth-order valence-corrected chi connectivity index (χ4v) is 1.41. The lowest BCUT2D eigenvalue weighted by molar-refractivity contribution is -0.174. The molecule has 0 unspecified atom stereocenters. The molecule has 0 atom stereocenters. The summed E-state index contributed by atoms with van der Waals surface area (Å²) in [6.07, 6.45) is -4.80. The Morgan fingerprint density at radius 1 is 1.25 bits per heavy atom. The van der Waals surface area contributed by atoms with Crippen LogP contribution in [-0.4, -0.2) is 36.4 Å². The number of carboxylic acid groups (broad SMARTS) is 1. The predicted molar refractivity (Wildman–Crippen MR) is 63.3 cm³/mol. The van der Waals surface area contributed by atoms with Gasteiger partial charge >= 0.3 is 12.1 Å². The first-order valence-corrected chi connectivity index (χ1v) is 5.52. The number of alkyl halides is 3. The van der Waals surface area contributed by atoms with E-state index in [0.717, 1.165) is 0 Å². The molecule has 0 aliphatic heterocycles. The molecule has 8 heteroatoms. The fourth-order valence-electron chi connectivity index (χ4n) is 1.41. The fraction of sp³-hybridized carbons (Fsp3) is 0.333. The van der Waals surface area contributed by atoms with E-state index in [1.807, 2.05) is 0 Å². The molecule has 0 fully saturated rings. The number of hydrogen-bond acceptors (Lipinski definition) is 3. The topological polar surface area (TPSA) is 75.6 Å². The van der Waals surface area contributed by atoms with Gasteiger partial charge in [0, 0.05) is 5.69 Å². The maximum Gasteiger partial charge on any atom is 0.411 e. The van der Waals surface area contributed by atoms with Gasteiger partial charge in [-0.25, -0.2) is 0 Å². The van der Waals surface area contributed by atoms with E-state index < -0.39 is 31.3 Å². The molecule has 0 radical (unpaired) electrons. The van der Waals surface area contributed by atoms with Crippen LogP contribution in [0.25, 0.3) is 0 Å². The number of hydrogen-bond donors (Lipinski definition) is 2. The summed E-state index contributed by atoms with van der Waals surface area (Å²) in [6.45, 7) is -2.28. The van der Waals surface area contributed by atoms with Crippen LogP contribution in [0.5, 0.6) is 0 Å². The molecule has 0 heterocycles. The van der Waals surface area contributed by atoms with Gasteiger partial charge in [0.2, 0.25) is 5.91 Å². The SMILES string of the molecule is O=C(O)Cc1ccccc1NC(=O)COCC(F)(F)F. The second-order valence-electron chi connectivity index (χ2n) is 3.88. The van der Waals surface area contributed by atoms with Crippen LogP contribution in [0.15, 0.2) is 24.3 Å². The number of aliphatic carboxylic acids is 1. The number of amides is 1. The van der Waals surface area contributed by atoms with Gasteiger partial charge in [-0.3, -0.25) is 9.59 Å². The van der Waals surface area contributed by atoms with Crippen molar-refractivity contribution in [2.24, 2.45) is 0 Å². The first-order chi connectivity index (χ1) is 9.28. The summed E-state index contributed by atoms with van der Waals surface area (Å²) >= 11 is 0. The Morgan fingerprint density at radius 2 is 1.90 bits per heavy atom. The molecule has 20 heavy (non-hydrogen) atoms. The Labute approximate surface area is 112 Å². The molecule has 0 aromatic heterocycles. The predicted octanol–water partition coefficient (Wildman–Crippen LogP) is 1.83. The lowest BCUT2D eigenvalue weighted by Gasteiger charge is -2.10. The van der Waals surface area contributed by atoms with Gasteiger partial charge in [-0.1, -0.05) is 18.2 Å². The highest BCUT2D eigenvalue weighted by Crippen LogP contribution is 2.16.